The van der Waals surface area contributed by atoms with Gasteiger partial charge < -0.3 is 83.5 Å². The number of aromatic nitrogens is 1. The third-order valence-electron chi connectivity index (χ3n) is 12.8. The lowest BCUT2D eigenvalue weighted by Gasteiger charge is -2.32. The number of amides is 9. The van der Waals surface area contributed by atoms with Gasteiger partial charge in [-0.05, 0) is 43.2 Å². The van der Waals surface area contributed by atoms with E-state index in [0.29, 0.717) is 29.7 Å². The predicted molar refractivity (Wildman–Crippen MR) is 257 cm³/mol. The fraction of sp³-hybridized carbons (Fsp3) is 0.614. The number of unbranched alkanes of at least 4 members (excludes halogenated alkanes) is 1. The number of carbonyl (C=O) groups is 9. The molecule has 1 saturated heterocycles. The smallest absolute Gasteiger partial charge is 0.248 e. The van der Waals surface area contributed by atoms with Crippen LogP contribution in [0.15, 0.2) is 17.2 Å². The van der Waals surface area contributed by atoms with Gasteiger partial charge in [-0.1, -0.05) is 27.2 Å². The van der Waals surface area contributed by atoms with Crippen molar-refractivity contribution >= 4 is 87.0 Å². The Morgan fingerprint density at radius 3 is 2.25 bits per heavy atom. The lowest BCUT2D eigenvalue weighted by molar-refractivity contribution is -0.144. The monoisotopic (exact) mass is 1040 g/mol. The summed E-state index contributed by atoms with van der Waals surface area (Å²) in [6.45, 7) is 2.22. The number of hydrogen-bond acceptors (Lipinski definition) is 16. The Morgan fingerprint density at radius 2 is 1.59 bits per heavy atom. The molecule has 1 aromatic carbocycles. The lowest BCUT2D eigenvalue weighted by atomic mass is 9.93. The molecule has 11 atom stereocenters. The van der Waals surface area contributed by atoms with Crippen molar-refractivity contribution in [1.29, 1.82) is 0 Å². The molecule has 392 valence electrons. The van der Waals surface area contributed by atoms with Crippen molar-refractivity contribution in [2.45, 2.75) is 119 Å². The molecule has 2 bridgehead atoms. The van der Waals surface area contributed by atoms with Crippen LogP contribution in [0.1, 0.15) is 64.0 Å². The zero-order chi connectivity index (χ0) is 52.3. The highest BCUT2D eigenvalue weighted by atomic mass is 32.2. The summed E-state index contributed by atoms with van der Waals surface area (Å²) in [5.41, 5.74) is 11.9. The summed E-state index contributed by atoms with van der Waals surface area (Å²) in [7, 11) is 0. The van der Waals surface area contributed by atoms with Gasteiger partial charge in [0.1, 0.15) is 41.7 Å². The maximum Gasteiger partial charge on any atom is 0.248 e. The fourth-order valence-electron chi connectivity index (χ4n) is 8.49. The van der Waals surface area contributed by atoms with E-state index >= 15 is 0 Å². The molecule has 2 aromatic rings. The largest absolute Gasteiger partial charge is 0.610 e. The van der Waals surface area contributed by atoms with Crippen LogP contribution < -0.4 is 48.7 Å². The maximum absolute atomic E-state index is 15.0. The number of fused-ring (bicyclic) bond motifs is 5. The van der Waals surface area contributed by atoms with Gasteiger partial charge in [-0.2, -0.15) is 11.8 Å². The summed E-state index contributed by atoms with van der Waals surface area (Å²) < 4.78 is 15.0. The van der Waals surface area contributed by atoms with E-state index in [1.54, 1.807) is 13.8 Å². The number of benzene rings is 1. The third kappa shape index (κ3) is 14.3. The van der Waals surface area contributed by atoms with Gasteiger partial charge in [-0.15, -0.1) is 0 Å². The van der Waals surface area contributed by atoms with Gasteiger partial charge in [-0.25, -0.2) is 0 Å². The molecule has 3 aliphatic heterocycles. The molecule has 71 heavy (non-hydrogen) atoms. The van der Waals surface area contributed by atoms with Gasteiger partial charge in [0.15, 0.2) is 6.04 Å². The average Bonchev–Trinajstić information content (AvgIpc) is 3.91. The first-order chi connectivity index (χ1) is 33.7. The summed E-state index contributed by atoms with van der Waals surface area (Å²) in [5.74, 6) is -11.1. The number of aliphatic hydroxyl groups is 3. The van der Waals surface area contributed by atoms with E-state index in [9.17, 15) is 68.1 Å². The number of carbonyl (C=O) groups excluding carboxylic acids is 9. The third-order valence-corrected chi connectivity index (χ3v) is 15.3. The molecule has 9 amide bonds. The van der Waals surface area contributed by atoms with Gasteiger partial charge in [0, 0.05) is 58.7 Å². The van der Waals surface area contributed by atoms with E-state index in [-0.39, 0.29) is 27.6 Å². The molecule has 25 nitrogen and oxygen atoms in total. The number of H-pyrrole nitrogens is 1. The number of nitrogens with two attached hydrogens (primary N) is 2. The number of aromatic amines is 1. The van der Waals surface area contributed by atoms with Crippen LogP contribution in [0.2, 0.25) is 0 Å². The highest BCUT2D eigenvalue weighted by Crippen LogP contribution is 2.36. The van der Waals surface area contributed by atoms with Crippen LogP contribution in [0.4, 0.5) is 0 Å². The molecule has 1 aromatic heterocycles. The lowest BCUT2D eigenvalue weighted by Crippen LogP contribution is -2.62. The van der Waals surface area contributed by atoms with Crippen molar-refractivity contribution in [1.82, 2.24) is 47.1 Å². The number of thioether (sulfide) groups is 1. The maximum atomic E-state index is 15.0. The Kier molecular flexibility index (Phi) is 20.3. The number of primary amides is 1. The van der Waals surface area contributed by atoms with Gasteiger partial charge in [0.25, 0.3) is 0 Å². The second kappa shape index (κ2) is 25.6. The van der Waals surface area contributed by atoms with Crippen molar-refractivity contribution < 1.29 is 68.1 Å². The number of phenols is 1. The normalized spacial score (nSPS) is 26.9. The zero-order valence-corrected chi connectivity index (χ0v) is 41.3. The first kappa shape index (κ1) is 56.2. The summed E-state index contributed by atoms with van der Waals surface area (Å²) in [6.07, 6.45) is -2.97. The molecule has 16 N–H and O–H groups in total. The van der Waals surface area contributed by atoms with E-state index in [2.05, 4.69) is 42.2 Å². The Balaban J connectivity index is 1.77. The molecule has 4 heterocycles. The second-order valence-corrected chi connectivity index (χ2v) is 20.5. The predicted octanol–water partition coefficient (Wildman–Crippen LogP) is -4.95. The van der Waals surface area contributed by atoms with Crippen molar-refractivity contribution in [3.8, 4) is 5.75 Å². The molecular weight excluding hydrogens is 971 g/mol. The first-order valence-electron chi connectivity index (χ1n) is 23.3. The van der Waals surface area contributed by atoms with Crippen LogP contribution in [0.5, 0.6) is 5.75 Å². The quantitative estimate of drug-likeness (QED) is 0.0660. The standard InChI is InChI=1S/C44H65N11O14S2/c1-4-20(2)35-41(66)48-14-33(61)49-28-19-71(69)43-24(23-7-8-30(58)25(37(23)54-43)18-70-10-6-5-9-45)12-26(38(63)47-15-34(62)52-35)50-42(67)36(21(3)31(59)17-56)53-40(65)29-11-22(57)16-55(29)44(68)27(13-32(46)60)51-39(28)64/h7-8,20-22,26-29,31,35-36,54,56-59H,4-6,9-19,45H2,1-3H3,(H2,46,60)(H,47,63)(H,48,66)(H,49,61)(H,50,67)(H,51,64)(H,52,62)(H,53,65)/t20-,21-,22+,26-,27-,28-,29-,31-,35?,36?,71?/m0/s1. The number of hydrogen-bond donors (Lipinski definition) is 14. The van der Waals surface area contributed by atoms with Gasteiger partial charge >= 0.3 is 0 Å². The van der Waals surface area contributed by atoms with Crippen LogP contribution in [0.3, 0.4) is 0 Å². The van der Waals surface area contributed by atoms with E-state index in [4.69, 9.17) is 11.5 Å². The number of rotatable bonds is 13. The van der Waals surface area contributed by atoms with E-state index in [1.165, 1.54) is 30.8 Å². The summed E-state index contributed by atoms with van der Waals surface area (Å²) in [4.78, 5) is 129. The molecule has 3 aliphatic rings. The van der Waals surface area contributed by atoms with Crippen molar-refractivity contribution in [2.24, 2.45) is 23.3 Å². The minimum atomic E-state index is -2.42. The van der Waals surface area contributed by atoms with Crippen molar-refractivity contribution in [3.63, 3.8) is 0 Å². The van der Waals surface area contributed by atoms with Crippen LogP contribution in [0.25, 0.3) is 10.9 Å². The molecule has 0 radical (unpaired) electrons. The van der Waals surface area contributed by atoms with E-state index < -0.39 is 176 Å². The van der Waals surface area contributed by atoms with Crippen LogP contribution in [-0.4, -0.2) is 181 Å². The SMILES string of the molecule is CC[C@H](C)C1NC(=O)CNC(=O)[C@@H]2Cc3c([nH]c4c(CSCCCCN)c(O)ccc34)[S+]([O-])C[C@H](NC(=O)CNC1=O)C(=O)N[C@@H](CC(N)=O)C(=O)N1C[C@H](O)C[C@H]1C(=O)NC([C@@H](C)[C@@H](O)CO)C(=O)N2. The summed E-state index contributed by atoms with van der Waals surface area (Å²) >= 11 is -0.962. The number of nitrogens with zero attached hydrogens (tertiary/aromatic N) is 1. The highest BCUT2D eigenvalue weighted by Gasteiger charge is 2.45. The van der Waals surface area contributed by atoms with E-state index in [1.807, 2.05) is 0 Å². The summed E-state index contributed by atoms with van der Waals surface area (Å²) in [6, 6.07) is -7.20. The van der Waals surface area contributed by atoms with Gasteiger partial charge in [-0.3, -0.25) is 43.2 Å². The average molecular weight is 1040 g/mol. The minimum absolute atomic E-state index is 0.0934. The Hall–Kier alpha value is -5.71. The van der Waals surface area contributed by atoms with Crippen LogP contribution in [-0.2, 0) is 66.5 Å². The Morgan fingerprint density at radius 1 is 0.901 bits per heavy atom. The number of nitrogens with one attached hydrogen (secondary N) is 8. The zero-order valence-electron chi connectivity index (χ0n) is 39.6. The van der Waals surface area contributed by atoms with E-state index in [0.717, 1.165) is 17.7 Å². The molecule has 0 aliphatic carbocycles. The second-order valence-electron chi connectivity index (χ2n) is 18.0. The topological polar surface area (TPSA) is 413 Å². The molecule has 0 spiro atoms. The molecule has 3 unspecified atom stereocenters. The molecule has 27 heteroatoms. The number of aromatic hydroxyl groups is 1. The Bertz CT molecular complexity index is 2320. The summed E-state index contributed by atoms with van der Waals surface area (Å²) in [5, 5.41) is 60.2. The highest BCUT2D eigenvalue weighted by molar-refractivity contribution is 7.98. The van der Waals surface area contributed by atoms with Crippen LogP contribution >= 0.6 is 11.8 Å². The molecule has 1 fully saturated rings. The Labute approximate surface area is 416 Å². The van der Waals surface area contributed by atoms with Crippen LogP contribution in [0, 0.1) is 11.8 Å². The van der Waals surface area contributed by atoms with Crippen molar-refractivity contribution in [2.75, 3.05) is 44.3 Å². The number of phenolic OH excluding ortho intramolecular Hbond substituents is 1. The molecule has 5 rings (SSSR count). The molecule has 0 saturated carbocycles. The fourth-order valence-corrected chi connectivity index (χ4v) is 10.9. The van der Waals surface area contributed by atoms with Crippen molar-refractivity contribution in [3.05, 3.63) is 23.3 Å². The van der Waals surface area contributed by atoms with Gasteiger partial charge in [0.05, 0.1) is 43.8 Å². The number of aliphatic hydroxyl groups excluding tert-OH is 3. The van der Waals surface area contributed by atoms with Gasteiger partial charge in [0.2, 0.25) is 58.2 Å². The first-order valence-corrected chi connectivity index (χ1v) is 25.8. The minimum Gasteiger partial charge on any atom is -0.610 e. The molecular formula is C44H65N11O14S2.